The molecule has 16 heavy (non-hydrogen) atoms. The molecule has 1 fully saturated rings. The zero-order valence-corrected chi connectivity index (χ0v) is 10.2. The lowest BCUT2D eigenvalue weighted by Crippen LogP contribution is -2.22. The van der Waals surface area contributed by atoms with Crippen molar-refractivity contribution in [1.82, 2.24) is 9.88 Å². The molecule has 2 heterocycles. The summed E-state index contributed by atoms with van der Waals surface area (Å²) in [5.41, 5.74) is 0.984. The molecule has 1 aromatic rings. The second-order valence-electron chi connectivity index (χ2n) is 4.18. The van der Waals surface area contributed by atoms with E-state index in [0.29, 0.717) is 5.02 Å². The normalized spacial score (nSPS) is 16.6. The summed E-state index contributed by atoms with van der Waals surface area (Å²) >= 11 is 5.99. The quantitative estimate of drug-likeness (QED) is 0.801. The minimum atomic E-state index is 0.698. The van der Waals surface area contributed by atoms with E-state index in [1.54, 1.807) is 12.4 Å². The van der Waals surface area contributed by atoms with E-state index >= 15 is 0 Å². The third kappa shape index (κ3) is 3.35. The van der Waals surface area contributed by atoms with Crippen molar-refractivity contribution in [1.29, 1.82) is 0 Å². The maximum atomic E-state index is 5.99. The second-order valence-corrected chi connectivity index (χ2v) is 4.59. The molecule has 88 valence electrons. The Morgan fingerprint density at radius 1 is 1.38 bits per heavy atom. The van der Waals surface area contributed by atoms with E-state index in [9.17, 15) is 0 Å². The number of halogens is 1. The lowest BCUT2D eigenvalue weighted by Gasteiger charge is -2.14. The van der Waals surface area contributed by atoms with Crippen molar-refractivity contribution in [3.63, 3.8) is 0 Å². The van der Waals surface area contributed by atoms with Gasteiger partial charge in [0.05, 0.1) is 10.7 Å². The molecule has 3 nitrogen and oxygen atoms in total. The van der Waals surface area contributed by atoms with Gasteiger partial charge in [-0.05, 0) is 45.0 Å². The van der Waals surface area contributed by atoms with Crippen LogP contribution in [0, 0.1) is 0 Å². The number of hydrogen-bond acceptors (Lipinski definition) is 3. The lowest BCUT2D eigenvalue weighted by atomic mass is 10.3. The summed E-state index contributed by atoms with van der Waals surface area (Å²) in [6.45, 7) is 4.71. The SMILES string of the molecule is Clc1cnccc1NCCCN1CCCC1. The van der Waals surface area contributed by atoms with Crippen LogP contribution < -0.4 is 5.32 Å². The second kappa shape index (κ2) is 6.06. The van der Waals surface area contributed by atoms with Crippen LogP contribution in [0.3, 0.4) is 0 Å². The van der Waals surface area contributed by atoms with Gasteiger partial charge < -0.3 is 10.2 Å². The Morgan fingerprint density at radius 3 is 2.94 bits per heavy atom. The predicted molar refractivity (Wildman–Crippen MR) is 68.0 cm³/mol. The van der Waals surface area contributed by atoms with Crippen molar-refractivity contribution in [2.45, 2.75) is 19.3 Å². The van der Waals surface area contributed by atoms with E-state index in [0.717, 1.165) is 12.2 Å². The number of rotatable bonds is 5. The first kappa shape index (κ1) is 11.7. The fraction of sp³-hybridized carbons (Fsp3) is 0.583. The monoisotopic (exact) mass is 239 g/mol. The molecule has 0 aromatic carbocycles. The third-order valence-corrected chi connectivity index (χ3v) is 3.24. The molecule has 1 aromatic heterocycles. The van der Waals surface area contributed by atoms with Crippen LogP contribution in [0.4, 0.5) is 5.69 Å². The molecule has 0 atom stereocenters. The largest absolute Gasteiger partial charge is 0.384 e. The van der Waals surface area contributed by atoms with Crippen LogP contribution >= 0.6 is 11.6 Å². The Bertz CT molecular complexity index is 324. The Kier molecular flexibility index (Phi) is 4.43. The highest BCUT2D eigenvalue weighted by molar-refractivity contribution is 6.33. The molecule has 2 rings (SSSR count). The van der Waals surface area contributed by atoms with Gasteiger partial charge in [0.25, 0.3) is 0 Å². The lowest BCUT2D eigenvalue weighted by molar-refractivity contribution is 0.337. The van der Waals surface area contributed by atoms with E-state index < -0.39 is 0 Å². The molecular weight excluding hydrogens is 222 g/mol. The highest BCUT2D eigenvalue weighted by Crippen LogP contribution is 2.18. The highest BCUT2D eigenvalue weighted by atomic mass is 35.5. The van der Waals surface area contributed by atoms with Crippen molar-refractivity contribution in [2.24, 2.45) is 0 Å². The van der Waals surface area contributed by atoms with Gasteiger partial charge in [0.2, 0.25) is 0 Å². The summed E-state index contributed by atoms with van der Waals surface area (Å²) in [5, 5.41) is 4.04. The molecule has 0 bridgehead atoms. The van der Waals surface area contributed by atoms with Gasteiger partial charge >= 0.3 is 0 Å². The maximum Gasteiger partial charge on any atom is 0.0820 e. The zero-order chi connectivity index (χ0) is 11.2. The molecule has 0 amide bonds. The first-order chi connectivity index (χ1) is 7.86. The fourth-order valence-electron chi connectivity index (χ4n) is 2.05. The predicted octanol–water partition coefficient (Wildman–Crippen LogP) is 2.63. The number of nitrogens with one attached hydrogen (secondary N) is 1. The minimum Gasteiger partial charge on any atom is -0.384 e. The first-order valence-corrected chi connectivity index (χ1v) is 6.30. The average Bonchev–Trinajstić information content (AvgIpc) is 2.79. The number of hydrogen-bond donors (Lipinski definition) is 1. The van der Waals surface area contributed by atoms with Crippen LogP contribution in [0.2, 0.25) is 5.02 Å². The van der Waals surface area contributed by atoms with Crippen molar-refractivity contribution < 1.29 is 0 Å². The van der Waals surface area contributed by atoms with Gasteiger partial charge in [0.15, 0.2) is 0 Å². The van der Waals surface area contributed by atoms with Gasteiger partial charge in [-0.1, -0.05) is 11.6 Å². The molecule has 1 saturated heterocycles. The van der Waals surface area contributed by atoms with Gasteiger partial charge in [-0.3, -0.25) is 4.98 Å². The van der Waals surface area contributed by atoms with E-state index in [2.05, 4.69) is 15.2 Å². The van der Waals surface area contributed by atoms with E-state index in [1.807, 2.05) is 6.07 Å². The summed E-state index contributed by atoms with van der Waals surface area (Å²) in [4.78, 5) is 6.48. The third-order valence-electron chi connectivity index (χ3n) is 2.94. The summed E-state index contributed by atoms with van der Waals surface area (Å²) < 4.78 is 0. The molecule has 1 aliphatic heterocycles. The maximum absolute atomic E-state index is 5.99. The summed E-state index contributed by atoms with van der Waals surface area (Å²) in [7, 11) is 0. The number of pyridine rings is 1. The molecule has 0 unspecified atom stereocenters. The van der Waals surface area contributed by atoms with Crippen molar-refractivity contribution in [3.05, 3.63) is 23.5 Å². The van der Waals surface area contributed by atoms with Crippen LogP contribution in [-0.4, -0.2) is 36.1 Å². The van der Waals surface area contributed by atoms with Crippen LogP contribution in [0.5, 0.6) is 0 Å². The zero-order valence-electron chi connectivity index (χ0n) is 9.45. The average molecular weight is 240 g/mol. The molecule has 0 spiro atoms. The molecule has 0 aliphatic carbocycles. The molecule has 1 aliphatic rings. The van der Waals surface area contributed by atoms with Crippen molar-refractivity contribution >= 4 is 17.3 Å². The molecule has 0 radical (unpaired) electrons. The number of nitrogens with zero attached hydrogens (tertiary/aromatic N) is 2. The summed E-state index contributed by atoms with van der Waals surface area (Å²) in [6.07, 6.45) is 7.32. The Hall–Kier alpha value is -0.800. The topological polar surface area (TPSA) is 28.2 Å². The molecule has 0 saturated carbocycles. The first-order valence-electron chi connectivity index (χ1n) is 5.92. The van der Waals surface area contributed by atoms with Gasteiger partial charge in [0, 0.05) is 18.9 Å². The van der Waals surface area contributed by atoms with Gasteiger partial charge in [0.1, 0.15) is 0 Å². The van der Waals surface area contributed by atoms with E-state index in [-0.39, 0.29) is 0 Å². The summed E-state index contributed by atoms with van der Waals surface area (Å²) in [6, 6.07) is 1.91. The smallest absolute Gasteiger partial charge is 0.0820 e. The fourth-order valence-corrected chi connectivity index (χ4v) is 2.24. The van der Waals surface area contributed by atoms with Crippen LogP contribution in [0.1, 0.15) is 19.3 Å². The molecular formula is C12H18ClN3. The van der Waals surface area contributed by atoms with Crippen LogP contribution in [0.15, 0.2) is 18.5 Å². The van der Waals surface area contributed by atoms with Crippen molar-refractivity contribution in [2.75, 3.05) is 31.5 Å². The van der Waals surface area contributed by atoms with Crippen LogP contribution in [-0.2, 0) is 0 Å². The molecule has 4 heteroatoms. The van der Waals surface area contributed by atoms with E-state index in [4.69, 9.17) is 11.6 Å². The highest BCUT2D eigenvalue weighted by Gasteiger charge is 2.10. The summed E-state index contributed by atoms with van der Waals surface area (Å²) in [5.74, 6) is 0. The van der Waals surface area contributed by atoms with Gasteiger partial charge in [-0.2, -0.15) is 0 Å². The Morgan fingerprint density at radius 2 is 2.19 bits per heavy atom. The Labute approximate surface area is 102 Å². The number of anilines is 1. The molecule has 1 N–H and O–H groups in total. The van der Waals surface area contributed by atoms with Gasteiger partial charge in [-0.15, -0.1) is 0 Å². The van der Waals surface area contributed by atoms with E-state index in [1.165, 1.54) is 38.9 Å². The van der Waals surface area contributed by atoms with Crippen molar-refractivity contribution in [3.8, 4) is 0 Å². The van der Waals surface area contributed by atoms with Gasteiger partial charge in [-0.25, -0.2) is 0 Å². The standard InChI is InChI=1S/C12H18ClN3/c13-11-10-14-6-4-12(11)15-5-3-9-16-7-1-2-8-16/h4,6,10H,1-3,5,7-9H2,(H,14,15). The Balaban J connectivity index is 1.66. The number of likely N-dealkylation sites (tertiary alicyclic amines) is 1. The van der Waals surface area contributed by atoms with Crippen LogP contribution in [0.25, 0.3) is 0 Å². The minimum absolute atomic E-state index is 0.698. The number of aromatic nitrogens is 1.